The average molecular weight is 725 g/mol. The lowest BCUT2D eigenvalue weighted by Crippen LogP contribution is -2.37. The molecule has 4 rings (SSSR count). The van der Waals surface area contributed by atoms with Crippen LogP contribution in [0.2, 0.25) is 0 Å². The Hall–Kier alpha value is -2.05. The third-order valence-electron chi connectivity index (χ3n) is 6.19. The second-order valence-electron chi connectivity index (χ2n) is 9.29. The van der Waals surface area contributed by atoms with Crippen molar-refractivity contribution in [3.05, 3.63) is 50.1 Å². The van der Waals surface area contributed by atoms with Crippen LogP contribution in [0.15, 0.2) is 34.1 Å². The van der Waals surface area contributed by atoms with Crippen molar-refractivity contribution >= 4 is 41.5 Å². The first-order chi connectivity index (χ1) is 20.8. The van der Waals surface area contributed by atoms with Crippen LogP contribution in [0.3, 0.4) is 0 Å². The van der Waals surface area contributed by atoms with E-state index in [1.54, 1.807) is 0 Å². The SMILES string of the molecule is Nc1ccnc(=O)n1C1O[C@@H](COP(=O)(O)OP(=O)(O)OP(=O)(O)OC[C@H]2O[C@H](n3ccc(=S)[nH]c3=O)[C@H](O)[C@@H]2O)[C@@H](O)[C@H]1O. The van der Waals surface area contributed by atoms with Crippen LogP contribution in [0.5, 0.6) is 0 Å². The van der Waals surface area contributed by atoms with Gasteiger partial charge >= 0.3 is 34.8 Å². The molecule has 2 aromatic rings. The van der Waals surface area contributed by atoms with Crippen LogP contribution in [0, 0.1) is 4.64 Å². The summed E-state index contributed by atoms with van der Waals surface area (Å²) in [6.07, 6.45) is -11.4. The smallest absolute Gasteiger partial charge is 0.387 e. The molecule has 252 valence electrons. The van der Waals surface area contributed by atoms with Crippen molar-refractivity contribution in [2.75, 3.05) is 18.9 Å². The molecule has 10 N–H and O–H groups in total. The normalized spacial score (nSPS) is 32.5. The van der Waals surface area contributed by atoms with Gasteiger partial charge in [0.1, 0.15) is 47.1 Å². The Morgan fingerprint density at radius 1 is 0.867 bits per heavy atom. The Bertz CT molecular complexity index is 1720. The summed E-state index contributed by atoms with van der Waals surface area (Å²) in [5.74, 6) is -0.223. The van der Waals surface area contributed by atoms with Gasteiger partial charge in [-0.05, 0) is 12.1 Å². The number of nitrogen functional groups attached to an aromatic ring is 1. The van der Waals surface area contributed by atoms with E-state index in [2.05, 4.69) is 27.6 Å². The number of hydrogen-bond acceptors (Lipinski definition) is 18. The number of hydrogen-bond donors (Lipinski definition) is 9. The minimum absolute atomic E-state index is 0.0531. The Labute approximate surface area is 254 Å². The van der Waals surface area contributed by atoms with Gasteiger partial charge in [0.25, 0.3) is 0 Å². The highest BCUT2D eigenvalue weighted by atomic mass is 32.1. The van der Waals surface area contributed by atoms with E-state index >= 15 is 0 Å². The fourth-order valence-electron chi connectivity index (χ4n) is 4.15. The first kappa shape index (κ1) is 35.8. The molecule has 2 fully saturated rings. The highest BCUT2D eigenvalue weighted by molar-refractivity contribution is 7.71. The third-order valence-corrected chi connectivity index (χ3v) is 10.7. The fraction of sp³-hybridized carbons (Fsp3) is 0.556. The number of phosphoric ester groups is 2. The zero-order chi connectivity index (χ0) is 33.5. The van der Waals surface area contributed by atoms with Gasteiger partial charge in [0.2, 0.25) is 0 Å². The van der Waals surface area contributed by atoms with Crippen LogP contribution in [0.25, 0.3) is 0 Å². The highest BCUT2D eigenvalue weighted by Gasteiger charge is 2.49. The molecule has 11 atom stereocenters. The summed E-state index contributed by atoms with van der Waals surface area (Å²) in [4.78, 5) is 59.3. The topological polar surface area (TPSA) is 347 Å². The molecule has 2 aliphatic heterocycles. The van der Waals surface area contributed by atoms with E-state index in [0.29, 0.717) is 4.57 Å². The number of nitrogens with one attached hydrogen (secondary N) is 1. The predicted octanol–water partition coefficient (Wildman–Crippen LogP) is -2.65. The van der Waals surface area contributed by atoms with Crippen LogP contribution in [0.4, 0.5) is 5.82 Å². The molecule has 0 saturated carbocycles. The van der Waals surface area contributed by atoms with Crippen LogP contribution < -0.4 is 17.1 Å². The van der Waals surface area contributed by atoms with Crippen molar-refractivity contribution in [1.82, 2.24) is 19.1 Å². The highest BCUT2D eigenvalue weighted by Crippen LogP contribution is 2.67. The van der Waals surface area contributed by atoms with Gasteiger partial charge < -0.3 is 50.3 Å². The van der Waals surface area contributed by atoms with Gasteiger partial charge in [-0.25, -0.2) is 32.8 Å². The van der Waals surface area contributed by atoms with Gasteiger partial charge in [-0.1, -0.05) is 12.2 Å². The molecule has 4 unspecified atom stereocenters. The Morgan fingerprint density at radius 2 is 1.38 bits per heavy atom. The standard InChI is InChI=1S/C18H26N5O18P3S/c19-9-1-3-20-17(28)23(9)16-14(27)12(25)8(39-16)6-37-43(32,33)41-44(34,35)40-42(30,31)36-5-7-11(24)13(26)15(38-7)22-4-2-10(45)21-18(22)29/h1-4,7-8,11-16,24-27H,5-6,19H2,(H,30,31)(H,32,33)(H,34,35)(H,21,29,45)/t7-,8+,11-,12-,13-,14-,15+,16?/m1/s1. The summed E-state index contributed by atoms with van der Waals surface area (Å²) in [6.45, 7) is -2.20. The van der Waals surface area contributed by atoms with Crippen LogP contribution in [0.1, 0.15) is 12.5 Å². The molecule has 0 aliphatic carbocycles. The summed E-state index contributed by atoms with van der Waals surface area (Å²) in [5.41, 5.74) is 3.87. The van der Waals surface area contributed by atoms with E-state index < -0.39 is 97.1 Å². The average Bonchev–Trinajstić information content (AvgIpc) is 3.35. The van der Waals surface area contributed by atoms with Crippen molar-refractivity contribution < 1.29 is 75.9 Å². The molecule has 2 aromatic heterocycles. The molecule has 0 aromatic carbocycles. The first-order valence-electron chi connectivity index (χ1n) is 12.2. The minimum Gasteiger partial charge on any atom is -0.387 e. The first-order valence-corrected chi connectivity index (χ1v) is 17.1. The van der Waals surface area contributed by atoms with Crippen LogP contribution >= 0.6 is 35.7 Å². The van der Waals surface area contributed by atoms with E-state index in [1.165, 1.54) is 12.1 Å². The molecule has 2 aliphatic rings. The van der Waals surface area contributed by atoms with Gasteiger partial charge in [0.05, 0.1) is 13.2 Å². The number of rotatable bonds is 12. The van der Waals surface area contributed by atoms with E-state index in [0.717, 1.165) is 17.0 Å². The molecule has 2 saturated heterocycles. The van der Waals surface area contributed by atoms with Gasteiger partial charge in [0.15, 0.2) is 12.5 Å². The quantitative estimate of drug-likeness (QED) is 0.0797. The van der Waals surface area contributed by atoms with Gasteiger partial charge in [-0.2, -0.15) is 8.62 Å². The molecular formula is C18H26N5O18P3S. The van der Waals surface area contributed by atoms with Crippen molar-refractivity contribution in [2.45, 2.75) is 49.1 Å². The summed E-state index contributed by atoms with van der Waals surface area (Å²) >= 11 is 4.80. The number of nitrogens with two attached hydrogens (primary N) is 1. The number of anilines is 1. The van der Waals surface area contributed by atoms with E-state index in [9.17, 15) is 58.4 Å². The molecule has 27 heteroatoms. The lowest BCUT2D eigenvalue weighted by Gasteiger charge is -2.21. The number of aromatic nitrogens is 4. The predicted molar refractivity (Wildman–Crippen MR) is 144 cm³/mol. The summed E-state index contributed by atoms with van der Waals surface area (Å²) < 4.78 is 65.7. The maximum absolute atomic E-state index is 12.3. The van der Waals surface area contributed by atoms with Gasteiger partial charge in [-0.3, -0.25) is 18.6 Å². The number of aliphatic hydroxyl groups excluding tert-OH is 4. The number of nitrogens with zero attached hydrogens (tertiary/aromatic N) is 3. The number of ether oxygens (including phenoxy) is 2. The minimum atomic E-state index is -5.97. The lowest BCUT2D eigenvalue weighted by molar-refractivity contribution is -0.0545. The number of phosphoric acid groups is 3. The molecule has 0 amide bonds. The van der Waals surface area contributed by atoms with Crippen molar-refractivity contribution in [3.8, 4) is 0 Å². The molecule has 0 radical (unpaired) electrons. The molecule has 23 nitrogen and oxygen atoms in total. The zero-order valence-corrected chi connectivity index (χ0v) is 25.6. The maximum atomic E-state index is 12.3. The Kier molecular flexibility index (Phi) is 10.8. The van der Waals surface area contributed by atoms with Gasteiger partial charge in [-0.15, -0.1) is 0 Å². The second kappa shape index (κ2) is 13.6. The number of aromatic amines is 1. The van der Waals surface area contributed by atoms with Gasteiger partial charge in [0, 0.05) is 12.4 Å². The largest absolute Gasteiger partial charge is 0.490 e. The Morgan fingerprint density at radius 3 is 1.89 bits per heavy atom. The molecule has 0 bridgehead atoms. The van der Waals surface area contributed by atoms with E-state index in [1.807, 2.05) is 0 Å². The molecule has 45 heavy (non-hydrogen) atoms. The fourth-order valence-corrected chi connectivity index (χ4v) is 7.82. The summed E-state index contributed by atoms with van der Waals surface area (Å²) in [5, 5.41) is 40.9. The third kappa shape index (κ3) is 8.46. The monoisotopic (exact) mass is 725 g/mol. The van der Waals surface area contributed by atoms with Crippen molar-refractivity contribution in [1.29, 1.82) is 0 Å². The van der Waals surface area contributed by atoms with Crippen molar-refractivity contribution in [2.24, 2.45) is 0 Å². The lowest BCUT2D eigenvalue weighted by atomic mass is 10.1. The Balaban J connectivity index is 1.32. The summed E-state index contributed by atoms with van der Waals surface area (Å²) in [7, 11) is -17.3. The number of H-pyrrole nitrogens is 1. The molecule has 0 spiro atoms. The van der Waals surface area contributed by atoms with Crippen molar-refractivity contribution in [3.63, 3.8) is 0 Å². The molecule has 4 heterocycles. The zero-order valence-electron chi connectivity index (χ0n) is 22.1. The van der Waals surface area contributed by atoms with E-state index in [-0.39, 0.29) is 10.5 Å². The number of aliphatic hydroxyl groups is 4. The second-order valence-corrected chi connectivity index (χ2v) is 14.4. The van der Waals surface area contributed by atoms with E-state index in [4.69, 9.17) is 27.4 Å². The maximum Gasteiger partial charge on any atom is 0.490 e. The van der Waals surface area contributed by atoms with Crippen LogP contribution in [-0.2, 0) is 40.8 Å². The molecular weight excluding hydrogens is 699 g/mol. The summed E-state index contributed by atoms with van der Waals surface area (Å²) in [6, 6.07) is 2.45. The van der Waals surface area contributed by atoms with Crippen LogP contribution in [-0.4, -0.2) is 104 Å².